The Hall–Kier alpha value is -2.25. The molecule has 0 radical (unpaired) electrons. The normalized spacial score (nSPS) is 10.7. The topological polar surface area (TPSA) is 54.7 Å². The van der Waals surface area contributed by atoms with E-state index in [0.29, 0.717) is 18.1 Å². The molecule has 22 heavy (non-hydrogen) atoms. The predicted molar refractivity (Wildman–Crippen MR) is 88.6 cm³/mol. The monoisotopic (exact) mass is 331 g/mol. The minimum absolute atomic E-state index is 0.0781. The summed E-state index contributed by atoms with van der Waals surface area (Å²) < 4.78 is 1.40. The molecule has 0 saturated heterocycles. The highest BCUT2D eigenvalue weighted by molar-refractivity contribution is 7.15. The first-order valence-electron chi connectivity index (χ1n) is 6.58. The molecule has 0 saturated carbocycles. The first-order chi connectivity index (χ1) is 10.7. The number of nitrogens with zero attached hydrogens (tertiary/aromatic N) is 3. The largest absolute Gasteiger partial charge is 0.330 e. The number of thiophene rings is 1. The van der Waals surface area contributed by atoms with Gasteiger partial charge in [0.15, 0.2) is 4.96 Å². The molecule has 112 valence electrons. The summed E-state index contributed by atoms with van der Waals surface area (Å²) in [6.07, 6.45) is 4.64. The Kier molecular flexibility index (Phi) is 4.17. The van der Waals surface area contributed by atoms with Gasteiger partial charge in [-0.05, 0) is 11.4 Å². The quantitative estimate of drug-likeness (QED) is 0.675. The Labute approximate surface area is 134 Å². The molecule has 0 spiro atoms. The Bertz CT molecular complexity index is 864. The molecule has 0 atom stereocenters. The van der Waals surface area contributed by atoms with Crippen molar-refractivity contribution in [1.29, 1.82) is 0 Å². The summed E-state index contributed by atoms with van der Waals surface area (Å²) in [4.78, 5) is 32.5. The summed E-state index contributed by atoms with van der Waals surface area (Å²) in [5.74, 6) is -0.327. The van der Waals surface area contributed by atoms with Crippen LogP contribution in [-0.2, 0) is 6.54 Å². The molecular weight excluding hydrogens is 318 g/mol. The van der Waals surface area contributed by atoms with Crippen molar-refractivity contribution in [2.24, 2.45) is 0 Å². The Balaban J connectivity index is 1.95. The number of thiazole rings is 1. The third-order valence-corrected chi connectivity index (χ3v) is 4.77. The highest BCUT2D eigenvalue weighted by Gasteiger charge is 2.20. The van der Waals surface area contributed by atoms with E-state index in [1.54, 1.807) is 33.9 Å². The summed E-state index contributed by atoms with van der Waals surface area (Å²) in [6.45, 7) is 4.51. The van der Waals surface area contributed by atoms with Gasteiger partial charge in [0.05, 0.1) is 6.54 Å². The fourth-order valence-electron chi connectivity index (χ4n) is 2.11. The molecule has 0 fully saturated rings. The van der Waals surface area contributed by atoms with Gasteiger partial charge in [-0.15, -0.1) is 29.3 Å². The number of carbonyl (C=O) groups excluding carboxylic acids is 1. The standard InChI is InChI=1S/C15H13N3O2S2/c1-2-5-17(10-11-4-3-7-21-11)13(19)12-9-16-15-18(14(12)20)6-8-22-15/h2-4,6-9H,1,5,10H2. The van der Waals surface area contributed by atoms with E-state index >= 15 is 0 Å². The third kappa shape index (κ3) is 2.72. The van der Waals surface area contributed by atoms with Gasteiger partial charge < -0.3 is 4.90 Å². The van der Waals surface area contributed by atoms with E-state index in [-0.39, 0.29) is 17.0 Å². The summed E-state index contributed by atoms with van der Waals surface area (Å²) in [5, 5.41) is 3.73. The van der Waals surface area contributed by atoms with Crippen molar-refractivity contribution in [2.45, 2.75) is 6.54 Å². The molecule has 0 bridgehead atoms. The fraction of sp³-hybridized carbons (Fsp3) is 0.133. The molecule has 3 heterocycles. The number of aromatic nitrogens is 2. The van der Waals surface area contributed by atoms with Gasteiger partial charge in [0, 0.05) is 29.2 Å². The zero-order valence-corrected chi connectivity index (χ0v) is 13.3. The van der Waals surface area contributed by atoms with Crippen LogP contribution >= 0.6 is 22.7 Å². The number of carbonyl (C=O) groups is 1. The number of fused-ring (bicyclic) bond motifs is 1. The Morgan fingerprint density at radius 1 is 1.41 bits per heavy atom. The minimum Gasteiger partial charge on any atom is -0.330 e. The van der Waals surface area contributed by atoms with Crippen LogP contribution in [0.5, 0.6) is 0 Å². The maximum Gasteiger partial charge on any atom is 0.271 e. The van der Waals surface area contributed by atoms with Crippen LogP contribution in [0.4, 0.5) is 0 Å². The van der Waals surface area contributed by atoms with Gasteiger partial charge >= 0.3 is 0 Å². The lowest BCUT2D eigenvalue weighted by Gasteiger charge is -2.20. The third-order valence-electron chi connectivity index (χ3n) is 3.14. The van der Waals surface area contributed by atoms with Crippen molar-refractivity contribution in [1.82, 2.24) is 14.3 Å². The van der Waals surface area contributed by atoms with Crippen LogP contribution in [0.25, 0.3) is 4.96 Å². The summed E-state index contributed by atoms with van der Waals surface area (Å²) in [5.41, 5.74) is -0.259. The van der Waals surface area contributed by atoms with Crippen LogP contribution in [-0.4, -0.2) is 26.7 Å². The van der Waals surface area contributed by atoms with E-state index in [1.807, 2.05) is 17.5 Å². The second kappa shape index (κ2) is 6.25. The molecule has 5 nitrogen and oxygen atoms in total. The fourth-order valence-corrected chi connectivity index (χ4v) is 3.50. The van der Waals surface area contributed by atoms with Crippen LogP contribution in [0, 0.1) is 0 Å². The first kappa shape index (κ1) is 14.7. The van der Waals surface area contributed by atoms with E-state index in [4.69, 9.17) is 0 Å². The molecule has 0 aromatic carbocycles. The van der Waals surface area contributed by atoms with Crippen LogP contribution in [0.15, 0.2) is 52.7 Å². The molecule has 3 rings (SSSR count). The van der Waals surface area contributed by atoms with Gasteiger partial charge in [0.25, 0.3) is 11.5 Å². The molecule has 3 aromatic rings. The van der Waals surface area contributed by atoms with Gasteiger partial charge in [-0.3, -0.25) is 14.0 Å². The molecule has 0 N–H and O–H groups in total. The molecule has 3 aromatic heterocycles. The molecule has 7 heteroatoms. The van der Waals surface area contributed by atoms with Crippen molar-refractivity contribution < 1.29 is 4.79 Å². The summed E-state index contributed by atoms with van der Waals surface area (Å²) in [7, 11) is 0. The highest BCUT2D eigenvalue weighted by atomic mass is 32.1. The van der Waals surface area contributed by atoms with Crippen molar-refractivity contribution in [3.8, 4) is 0 Å². The van der Waals surface area contributed by atoms with Gasteiger partial charge in [-0.1, -0.05) is 12.1 Å². The van der Waals surface area contributed by atoms with Crippen molar-refractivity contribution in [2.75, 3.05) is 6.54 Å². The zero-order valence-electron chi connectivity index (χ0n) is 11.6. The Morgan fingerprint density at radius 3 is 3.00 bits per heavy atom. The number of hydrogen-bond donors (Lipinski definition) is 0. The molecule has 0 unspecified atom stereocenters. The van der Waals surface area contributed by atoms with E-state index in [2.05, 4.69) is 11.6 Å². The maximum absolute atomic E-state index is 12.7. The Morgan fingerprint density at radius 2 is 2.27 bits per heavy atom. The van der Waals surface area contributed by atoms with E-state index in [9.17, 15) is 9.59 Å². The smallest absolute Gasteiger partial charge is 0.271 e. The maximum atomic E-state index is 12.7. The van der Waals surface area contributed by atoms with Gasteiger partial charge in [-0.2, -0.15) is 0 Å². The number of hydrogen-bond acceptors (Lipinski definition) is 5. The van der Waals surface area contributed by atoms with Crippen LogP contribution < -0.4 is 5.56 Å². The lowest BCUT2D eigenvalue weighted by molar-refractivity contribution is 0.0762. The van der Waals surface area contributed by atoms with Crippen molar-refractivity contribution in [3.05, 3.63) is 68.7 Å². The van der Waals surface area contributed by atoms with E-state index < -0.39 is 0 Å². The number of rotatable bonds is 5. The second-order valence-corrected chi connectivity index (χ2v) is 6.49. The van der Waals surface area contributed by atoms with Gasteiger partial charge in [0.1, 0.15) is 5.56 Å². The van der Waals surface area contributed by atoms with Crippen molar-refractivity contribution >= 4 is 33.5 Å². The SMILES string of the molecule is C=CCN(Cc1cccs1)C(=O)c1cnc2sccn2c1=O. The second-order valence-electron chi connectivity index (χ2n) is 4.59. The van der Waals surface area contributed by atoms with Gasteiger partial charge in [0.2, 0.25) is 0 Å². The molecule has 1 amide bonds. The van der Waals surface area contributed by atoms with Crippen LogP contribution in [0.1, 0.15) is 15.2 Å². The minimum atomic E-state index is -0.337. The van der Waals surface area contributed by atoms with Crippen molar-refractivity contribution in [3.63, 3.8) is 0 Å². The molecule has 0 aliphatic rings. The highest BCUT2D eigenvalue weighted by Crippen LogP contribution is 2.14. The van der Waals surface area contributed by atoms with Gasteiger partial charge in [-0.25, -0.2) is 4.98 Å². The van der Waals surface area contributed by atoms with Crippen LogP contribution in [0.2, 0.25) is 0 Å². The van der Waals surface area contributed by atoms with E-state index in [0.717, 1.165) is 4.88 Å². The average Bonchev–Trinajstić information content (AvgIpc) is 3.17. The molecule has 0 aliphatic heterocycles. The predicted octanol–water partition coefficient (Wildman–Crippen LogP) is 2.65. The summed E-state index contributed by atoms with van der Waals surface area (Å²) >= 11 is 2.93. The lowest BCUT2D eigenvalue weighted by Crippen LogP contribution is -2.35. The van der Waals surface area contributed by atoms with E-state index in [1.165, 1.54) is 21.9 Å². The number of amides is 1. The lowest BCUT2D eigenvalue weighted by atomic mass is 10.2. The molecular formula is C15H13N3O2S2. The van der Waals surface area contributed by atoms with Crippen LogP contribution in [0.3, 0.4) is 0 Å². The zero-order chi connectivity index (χ0) is 15.5. The first-order valence-corrected chi connectivity index (χ1v) is 8.34. The summed E-state index contributed by atoms with van der Waals surface area (Å²) in [6, 6.07) is 3.89. The molecule has 0 aliphatic carbocycles. The average molecular weight is 331 g/mol.